The first-order valence-electron chi connectivity index (χ1n) is 9.25. The number of carbonyl (C=O) groups excluding carboxylic acids is 2. The van der Waals surface area contributed by atoms with Gasteiger partial charge < -0.3 is 9.47 Å². The first-order valence-corrected chi connectivity index (χ1v) is 9.25. The summed E-state index contributed by atoms with van der Waals surface area (Å²) >= 11 is 0. The molecule has 0 aromatic rings. The minimum Gasteiger partial charge on any atom is -0.462 e. The third-order valence-corrected chi connectivity index (χ3v) is 3.35. The van der Waals surface area contributed by atoms with E-state index in [1.165, 1.54) is 0 Å². The number of rotatable bonds is 11. The van der Waals surface area contributed by atoms with Crippen molar-refractivity contribution in [3.8, 4) is 0 Å². The summed E-state index contributed by atoms with van der Waals surface area (Å²) in [5, 5.41) is 0. The fraction of sp³-hybridized carbons (Fsp3) is 0.800. The Balaban J connectivity index is 5.49. The van der Waals surface area contributed by atoms with Gasteiger partial charge in [-0.3, -0.25) is 0 Å². The maximum Gasteiger partial charge on any atom is 0.334 e. The molecule has 4 nitrogen and oxygen atoms in total. The molecule has 0 aliphatic heterocycles. The van der Waals surface area contributed by atoms with Crippen LogP contribution >= 0.6 is 0 Å². The van der Waals surface area contributed by atoms with E-state index in [1.807, 2.05) is 41.5 Å². The maximum atomic E-state index is 12.5. The van der Waals surface area contributed by atoms with Crippen molar-refractivity contribution in [2.45, 2.75) is 74.1 Å². The Morgan fingerprint density at radius 1 is 0.750 bits per heavy atom. The first-order chi connectivity index (χ1) is 11.2. The SMILES string of the molecule is CCCCC(C(=O)OCC(C)C)=C(CC(C)C)C(=O)OCC(C)C. The Bertz CT molecular complexity index is 419. The second-order valence-corrected chi connectivity index (χ2v) is 7.64. The van der Waals surface area contributed by atoms with Crippen molar-refractivity contribution in [1.82, 2.24) is 0 Å². The van der Waals surface area contributed by atoms with Crippen LogP contribution < -0.4 is 0 Å². The van der Waals surface area contributed by atoms with E-state index in [0.29, 0.717) is 37.2 Å². The summed E-state index contributed by atoms with van der Waals surface area (Å²) < 4.78 is 10.8. The zero-order valence-corrected chi connectivity index (χ0v) is 16.6. The van der Waals surface area contributed by atoms with Crippen LogP contribution in [0.2, 0.25) is 0 Å². The topological polar surface area (TPSA) is 52.6 Å². The molecule has 0 aliphatic carbocycles. The maximum absolute atomic E-state index is 12.5. The van der Waals surface area contributed by atoms with Gasteiger partial charge in [0.2, 0.25) is 0 Å². The molecule has 0 atom stereocenters. The van der Waals surface area contributed by atoms with E-state index in [0.717, 1.165) is 12.8 Å². The van der Waals surface area contributed by atoms with Crippen molar-refractivity contribution in [2.75, 3.05) is 13.2 Å². The van der Waals surface area contributed by atoms with Crippen molar-refractivity contribution in [3.05, 3.63) is 11.1 Å². The van der Waals surface area contributed by atoms with Crippen molar-refractivity contribution >= 4 is 11.9 Å². The summed E-state index contributed by atoms with van der Waals surface area (Å²) in [7, 11) is 0. The summed E-state index contributed by atoms with van der Waals surface area (Å²) in [6.07, 6.45) is 2.90. The molecule has 0 aromatic heterocycles. The molecule has 24 heavy (non-hydrogen) atoms. The number of ether oxygens (including phenoxy) is 2. The highest BCUT2D eigenvalue weighted by Gasteiger charge is 2.24. The van der Waals surface area contributed by atoms with Gasteiger partial charge in [-0.2, -0.15) is 0 Å². The van der Waals surface area contributed by atoms with Gasteiger partial charge in [-0.25, -0.2) is 9.59 Å². The highest BCUT2D eigenvalue weighted by atomic mass is 16.5. The van der Waals surface area contributed by atoms with Gasteiger partial charge in [-0.05, 0) is 37.0 Å². The van der Waals surface area contributed by atoms with Crippen molar-refractivity contribution < 1.29 is 19.1 Å². The van der Waals surface area contributed by atoms with Gasteiger partial charge in [0.15, 0.2) is 0 Å². The molecule has 0 rings (SSSR count). The van der Waals surface area contributed by atoms with E-state index >= 15 is 0 Å². The lowest BCUT2D eigenvalue weighted by molar-refractivity contribution is -0.143. The third-order valence-electron chi connectivity index (χ3n) is 3.35. The van der Waals surface area contributed by atoms with Crippen molar-refractivity contribution in [2.24, 2.45) is 17.8 Å². The highest BCUT2D eigenvalue weighted by Crippen LogP contribution is 2.23. The molecule has 0 radical (unpaired) electrons. The quantitative estimate of drug-likeness (QED) is 0.396. The summed E-state index contributed by atoms with van der Waals surface area (Å²) in [5.41, 5.74) is 0.993. The molecule has 0 fully saturated rings. The van der Waals surface area contributed by atoms with Crippen molar-refractivity contribution in [1.29, 1.82) is 0 Å². The van der Waals surface area contributed by atoms with Crippen LogP contribution in [0, 0.1) is 17.8 Å². The molecule has 0 saturated heterocycles. The molecule has 140 valence electrons. The van der Waals surface area contributed by atoms with Gasteiger partial charge in [0.1, 0.15) is 0 Å². The Hall–Kier alpha value is -1.32. The number of esters is 2. The fourth-order valence-electron chi connectivity index (χ4n) is 2.13. The second-order valence-electron chi connectivity index (χ2n) is 7.64. The predicted molar refractivity (Wildman–Crippen MR) is 97.6 cm³/mol. The monoisotopic (exact) mass is 340 g/mol. The molecule has 0 N–H and O–H groups in total. The first kappa shape index (κ1) is 22.7. The molecule has 0 aliphatic rings. The smallest absolute Gasteiger partial charge is 0.334 e. The summed E-state index contributed by atoms with van der Waals surface area (Å²) in [4.78, 5) is 25.1. The number of hydrogen-bond acceptors (Lipinski definition) is 4. The molecular formula is C20H36O4. The highest BCUT2D eigenvalue weighted by molar-refractivity contribution is 6.00. The van der Waals surface area contributed by atoms with E-state index in [-0.39, 0.29) is 29.7 Å². The molecule has 0 bridgehead atoms. The van der Waals surface area contributed by atoms with Gasteiger partial charge >= 0.3 is 11.9 Å². The number of hydrogen-bond donors (Lipinski definition) is 0. The molecule has 0 saturated carbocycles. The van der Waals surface area contributed by atoms with Gasteiger partial charge in [0, 0.05) is 11.1 Å². The normalized spacial score (nSPS) is 12.6. The zero-order chi connectivity index (χ0) is 18.7. The minimum atomic E-state index is -0.370. The standard InChI is InChI=1S/C20H36O4/c1-8-9-10-17(19(21)23-12-15(4)5)18(11-14(2)3)20(22)24-13-16(6)7/h14-16H,8-13H2,1-7H3. The second kappa shape index (κ2) is 12.1. The van der Waals surface area contributed by atoms with Crippen LogP contribution in [0.1, 0.15) is 74.1 Å². The summed E-state index contributed by atoms with van der Waals surface area (Å²) in [6.45, 7) is 14.8. The van der Waals surface area contributed by atoms with Crippen LogP contribution in [0.15, 0.2) is 11.1 Å². The van der Waals surface area contributed by atoms with Gasteiger partial charge in [-0.15, -0.1) is 0 Å². The average Bonchev–Trinajstić information content (AvgIpc) is 2.49. The minimum absolute atomic E-state index is 0.265. The predicted octanol–water partition coefficient (Wildman–Crippen LogP) is 4.92. The van der Waals surface area contributed by atoms with Gasteiger partial charge in [0.25, 0.3) is 0 Å². The fourth-order valence-corrected chi connectivity index (χ4v) is 2.13. The zero-order valence-electron chi connectivity index (χ0n) is 16.6. The van der Waals surface area contributed by atoms with Gasteiger partial charge in [0.05, 0.1) is 13.2 Å². The van der Waals surface area contributed by atoms with E-state index < -0.39 is 0 Å². The van der Waals surface area contributed by atoms with Crippen LogP contribution in [0.4, 0.5) is 0 Å². The molecule has 0 heterocycles. The van der Waals surface area contributed by atoms with Crippen LogP contribution in [-0.4, -0.2) is 25.2 Å². The van der Waals surface area contributed by atoms with E-state index in [4.69, 9.17) is 9.47 Å². The van der Waals surface area contributed by atoms with Crippen LogP contribution in [0.3, 0.4) is 0 Å². The molecule has 0 aromatic carbocycles. The molecular weight excluding hydrogens is 304 g/mol. The summed E-state index contributed by atoms with van der Waals surface area (Å²) in [6, 6.07) is 0. The number of unbranched alkanes of at least 4 members (excludes halogenated alkanes) is 1. The molecule has 4 heteroatoms. The number of carbonyl (C=O) groups is 2. The Kier molecular flexibility index (Phi) is 11.4. The molecule has 0 amide bonds. The van der Waals surface area contributed by atoms with E-state index in [1.54, 1.807) is 0 Å². The lowest BCUT2D eigenvalue weighted by Crippen LogP contribution is -2.20. The van der Waals surface area contributed by atoms with E-state index in [2.05, 4.69) is 6.92 Å². The lowest BCUT2D eigenvalue weighted by Gasteiger charge is -2.17. The lowest BCUT2D eigenvalue weighted by atomic mass is 9.95. The molecule has 0 spiro atoms. The van der Waals surface area contributed by atoms with E-state index in [9.17, 15) is 9.59 Å². The van der Waals surface area contributed by atoms with Gasteiger partial charge in [-0.1, -0.05) is 54.9 Å². The van der Waals surface area contributed by atoms with Crippen LogP contribution in [0.5, 0.6) is 0 Å². The summed E-state index contributed by atoms with van der Waals surface area (Å²) in [5.74, 6) is 0.0597. The Morgan fingerprint density at radius 2 is 1.21 bits per heavy atom. The average molecular weight is 341 g/mol. The van der Waals surface area contributed by atoms with Crippen molar-refractivity contribution in [3.63, 3.8) is 0 Å². The third kappa shape index (κ3) is 9.74. The Labute approximate surface area is 148 Å². The largest absolute Gasteiger partial charge is 0.462 e. The Morgan fingerprint density at radius 3 is 1.58 bits per heavy atom. The van der Waals surface area contributed by atoms with Crippen LogP contribution in [0.25, 0.3) is 0 Å². The van der Waals surface area contributed by atoms with Crippen LogP contribution in [-0.2, 0) is 19.1 Å². The molecule has 0 unspecified atom stereocenters.